The second-order valence-electron chi connectivity index (χ2n) is 4.24. The molecule has 0 radical (unpaired) electrons. The molecule has 2 aromatic rings. The van der Waals surface area contributed by atoms with Gasteiger partial charge in [0.2, 0.25) is 11.8 Å². The number of anilines is 2. The Morgan fingerprint density at radius 2 is 2.19 bits per heavy atom. The first-order valence-corrected chi connectivity index (χ1v) is 6.49. The molecule has 0 aliphatic rings. The Bertz CT molecular complexity index is 619. The fourth-order valence-corrected chi connectivity index (χ4v) is 1.87. The molecule has 0 fully saturated rings. The zero-order chi connectivity index (χ0) is 15.2. The third-order valence-electron chi connectivity index (χ3n) is 2.93. The molecule has 0 bridgehead atoms. The predicted molar refractivity (Wildman–Crippen MR) is 79.2 cm³/mol. The Labute approximate surface area is 122 Å². The Kier molecular flexibility index (Phi) is 4.60. The van der Waals surface area contributed by atoms with Gasteiger partial charge in [-0.2, -0.15) is 4.98 Å². The fraction of sp³-hybridized carbons (Fsp3) is 0.308. The number of hydrogen-bond acceptors (Lipinski definition) is 7. The van der Waals surface area contributed by atoms with E-state index in [0.717, 1.165) is 5.69 Å². The van der Waals surface area contributed by atoms with Crippen molar-refractivity contribution < 1.29 is 4.92 Å². The lowest BCUT2D eigenvalue weighted by molar-refractivity contribution is -0.384. The number of hydrogen-bond donors (Lipinski definition) is 1. The molecule has 0 amide bonds. The smallest absolute Gasteiger partial charge is 0.329 e. The Balaban J connectivity index is 2.38. The van der Waals surface area contributed by atoms with Crippen LogP contribution < -0.4 is 10.2 Å². The van der Waals surface area contributed by atoms with Gasteiger partial charge in [-0.05, 0) is 19.1 Å². The van der Waals surface area contributed by atoms with Crippen LogP contribution in [0.4, 0.5) is 17.5 Å². The molecule has 2 heterocycles. The molecule has 2 aromatic heterocycles. The summed E-state index contributed by atoms with van der Waals surface area (Å²) in [6, 6.07) is 5.57. The third-order valence-corrected chi connectivity index (χ3v) is 2.93. The topological polar surface area (TPSA) is 97.1 Å². The van der Waals surface area contributed by atoms with Crippen molar-refractivity contribution in [1.29, 1.82) is 0 Å². The first kappa shape index (κ1) is 14.6. The van der Waals surface area contributed by atoms with E-state index < -0.39 is 4.92 Å². The highest BCUT2D eigenvalue weighted by atomic mass is 16.6. The lowest BCUT2D eigenvalue weighted by Gasteiger charge is -2.21. The number of rotatable bonds is 6. The summed E-state index contributed by atoms with van der Waals surface area (Å²) in [7, 11) is 1.67. The van der Waals surface area contributed by atoms with Gasteiger partial charge in [-0.1, -0.05) is 6.07 Å². The molecule has 2 rings (SSSR count). The van der Waals surface area contributed by atoms with Gasteiger partial charge in [-0.15, -0.1) is 0 Å². The number of nitro groups is 1. The van der Waals surface area contributed by atoms with Crippen molar-refractivity contribution in [3.8, 4) is 0 Å². The van der Waals surface area contributed by atoms with Crippen molar-refractivity contribution in [2.45, 2.75) is 13.5 Å². The van der Waals surface area contributed by atoms with Crippen LogP contribution in [0.2, 0.25) is 0 Å². The molecule has 8 nitrogen and oxygen atoms in total. The predicted octanol–water partition coefficient (Wildman–Crippen LogP) is 1.85. The van der Waals surface area contributed by atoms with Gasteiger partial charge in [0.15, 0.2) is 0 Å². The van der Waals surface area contributed by atoms with Gasteiger partial charge in [-0.25, -0.2) is 4.98 Å². The molecule has 1 N–H and O–H groups in total. The minimum Gasteiger partial charge on any atom is -0.357 e. The quantitative estimate of drug-likeness (QED) is 0.639. The Morgan fingerprint density at radius 3 is 2.76 bits per heavy atom. The minimum absolute atomic E-state index is 0.119. The van der Waals surface area contributed by atoms with Crippen LogP contribution in [-0.2, 0) is 6.54 Å². The normalized spacial score (nSPS) is 10.2. The van der Waals surface area contributed by atoms with Gasteiger partial charge in [0.1, 0.15) is 6.20 Å². The van der Waals surface area contributed by atoms with Gasteiger partial charge in [0.25, 0.3) is 0 Å². The molecular formula is C13H16N6O2. The highest BCUT2D eigenvalue weighted by molar-refractivity contribution is 5.58. The van der Waals surface area contributed by atoms with Crippen molar-refractivity contribution in [3.63, 3.8) is 0 Å². The van der Waals surface area contributed by atoms with E-state index >= 15 is 0 Å². The molecule has 0 aliphatic heterocycles. The minimum atomic E-state index is -0.476. The molecule has 0 atom stereocenters. The zero-order valence-electron chi connectivity index (χ0n) is 11.9. The first-order valence-electron chi connectivity index (χ1n) is 6.49. The van der Waals surface area contributed by atoms with Crippen molar-refractivity contribution in [1.82, 2.24) is 15.0 Å². The van der Waals surface area contributed by atoms with Crippen LogP contribution in [-0.4, -0.2) is 33.5 Å². The molecule has 0 saturated heterocycles. The van der Waals surface area contributed by atoms with E-state index in [9.17, 15) is 10.1 Å². The van der Waals surface area contributed by atoms with Crippen molar-refractivity contribution in [2.75, 3.05) is 23.8 Å². The summed E-state index contributed by atoms with van der Waals surface area (Å²) in [5, 5.41) is 13.9. The summed E-state index contributed by atoms with van der Waals surface area (Å²) in [5.41, 5.74) is 0.699. The summed E-state index contributed by atoms with van der Waals surface area (Å²) in [5.74, 6) is 0.627. The third kappa shape index (κ3) is 3.41. The van der Waals surface area contributed by atoms with E-state index in [-0.39, 0.29) is 11.5 Å². The fourth-order valence-electron chi connectivity index (χ4n) is 1.87. The van der Waals surface area contributed by atoms with Crippen molar-refractivity contribution >= 4 is 17.5 Å². The number of nitrogens with one attached hydrogen (secondary N) is 1. The highest BCUT2D eigenvalue weighted by Crippen LogP contribution is 2.26. The van der Waals surface area contributed by atoms with Gasteiger partial charge in [-0.3, -0.25) is 15.1 Å². The van der Waals surface area contributed by atoms with E-state index in [0.29, 0.717) is 19.0 Å². The molecule has 0 saturated carbocycles. The zero-order valence-corrected chi connectivity index (χ0v) is 11.9. The first-order chi connectivity index (χ1) is 10.2. The van der Waals surface area contributed by atoms with E-state index in [1.807, 2.05) is 25.1 Å². The van der Waals surface area contributed by atoms with Gasteiger partial charge in [0.05, 0.1) is 17.2 Å². The largest absolute Gasteiger partial charge is 0.357 e. The number of nitrogens with zero attached hydrogens (tertiary/aromatic N) is 5. The maximum Gasteiger partial charge on any atom is 0.329 e. The summed E-state index contributed by atoms with van der Waals surface area (Å²) in [6.45, 7) is 2.92. The maximum atomic E-state index is 11.2. The molecule has 0 spiro atoms. The molecule has 8 heteroatoms. The molecule has 0 unspecified atom stereocenters. The van der Waals surface area contributed by atoms with Gasteiger partial charge < -0.3 is 10.2 Å². The van der Waals surface area contributed by atoms with Crippen LogP contribution in [0.15, 0.2) is 30.6 Å². The standard InChI is InChI=1S/C13H16N6O2/c1-3-18(9-10-6-4-5-7-15-10)12-11(19(20)21)8-16-13(14-2)17-12/h4-8H,3,9H2,1-2H3,(H,14,16,17). The number of aromatic nitrogens is 3. The van der Waals surface area contributed by atoms with Crippen LogP contribution >= 0.6 is 0 Å². The number of pyridine rings is 1. The summed E-state index contributed by atoms with van der Waals surface area (Å²) >= 11 is 0. The van der Waals surface area contributed by atoms with Crippen LogP contribution in [0.5, 0.6) is 0 Å². The van der Waals surface area contributed by atoms with E-state index in [1.54, 1.807) is 18.1 Å². The van der Waals surface area contributed by atoms with Gasteiger partial charge in [0, 0.05) is 19.8 Å². The van der Waals surface area contributed by atoms with Crippen molar-refractivity contribution in [3.05, 3.63) is 46.4 Å². The summed E-state index contributed by atoms with van der Waals surface area (Å²) in [6.07, 6.45) is 2.91. The lowest BCUT2D eigenvalue weighted by Crippen LogP contribution is -2.25. The maximum absolute atomic E-state index is 11.2. The van der Waals surface area contributed by atoms with Crippen LogP contribution in [0.1, 0.15) is 12.6 Å². The molecule has 0 aliphatic carbocycles. The average molecular weight is 288 g/mol. The van der Waals surface area contributed by atoms with Crippen LogP contribution in [0.3, 0.4) is 0 Å². The Hall–Kier alpha value is -2.77. The SMILES string of the molecule is CCN(Cc1ccccn1)c1nc(NC)ncc1[N+](=O)[O-]. The molecular weight excluding hydrogens is 272 g/mol. The van der Waals surface area contributed by atoms with E-state index in [4.69, 9.17) is 0 Å². The van der Waals surface area contributed by atoms with E-state index in [2.05, 4.69) is 20.3 Å². The van der Waals surface area contributed by atoms with Crippen molar-refractivity contribution in [2.24, 2.45) is 0 Å². The molecule has 21 heavy (non-hydrogen) atoms. The average Bonchev–Trinajstić information content (AvgIpc) is 2.52. The molecule has 0 aromatic carbocycles. The lowest BCUT2D eigenvalue weighted by atomic mass is 10.3. The monoisotopic (exact) mass is 288 g/mol. The molecule has 110 valence electrons. The van der Waals surface area contributed by atoms with Crippen LogP contribution in [0, 0.1) is 10.1 Å². The van der Waals surface area contributed by atoms with Gasteiger partial charge >= 0.3 is 5.69 Å². The second kappa shape index (κ2) is 6.60. The summed E-state index contributed by atoms with van der Waals surface area (Å²) < 4.78 is 0. The second-order valence-corrected chi connectivity index (χ2v) is 4.24. The Morgan fingerprint density at radius 1 is 1.38 bits per heavy atom. The van der Waals surface area contributed by atoms with E-state index in [1.165, 1.54) is 6.20 Å². The summed E-state index contributed by atoms with van der Waals surface area (Å²) in [4.78, 5) is 24.8. The highest BCUT2D eigenvalue weighted by Gasteiger charge is 2.22. The van der Waals surface area contributed by atoms with Crippen LogP contribution in [0.25, 0.3) is 0 Å².